The Balaban J connectivity index is 1.52. The molecule has 0 amide bonds. The maximum absolute atomic E-state index is 11.1. The first kappa shape index (κ1) is 17.0. The molecule has 0 spiro atoms. The van der Waals surface area contributed by atoms with E-state index in [4.69, 9.17) is 19.3 Å². The number of carboxylic acid groups (broad SMARTS) is 1. The molecule has 1 N–H and O–H groups in total. The molecule has 0 bridgehead atoms. The molecule has 1 heterocycles. The summed E-state index contributed by atoms with van der Waals surface area (Å²) in [5, 5.41) is 9.12. The molecular formula is C17H26O5. The Labute approximate surface area is 131 Å². The summed E-state index contributed by atoms with van der Waals surface area (Å²) >= 11 is 0. The summed E-state index contributed by atoms with van der Waals surface area (Å²) in [7, 11) is 0. The summed E-state index contributed by atoms with van der Waals surface area (Å²) in [5.41, 5.74) is -0.590. The first-order valence-corrected chi connectivity index (χ1v) is 7.85. The van der Waals surface area contributed by atoms with E-state index in [1.165, 1.54) is 0 Å². The molecule has 5 nitrogen and oxygen atoms in total. The van der Waals surface area contributed by atoms with Crippen molar-refractivity contribution >= 4 is 5.97 Å². The zero-order chi connectivity index (χ0) is 16.1. The molecule has 1 saturated heterocycles. The summed E-state index contributed by atoms with van der Waals surface area (Å²) in [6.45, 7) is 7.61. The number of ether oxygens (including phenoxy) is 3. The van der Waals surface area contributed by atoms with E-state index in [9.17, 15) is 4.79 Å². The Morgan fingerprint density at radius 1 is 1.32 bits per heavy atom. The second-order valence-electron chi connectivity index (χ2n) is 6.78. The third-order valence-corrected chi connectivity index (χ3v) is 4.13. The van der Waals surface area contributed by atoms with Gasteiger partial charge in [0.15, 0.2) is 0 Å². The monoisotopic (exact) mass is 310 g/mol. The second kappa shape index (κ2) is 7.29. The van der Waals surface area contributed by atoms with Crippen molar-refractivity contribution in [1.29, 1.82) is 0 Å². The Hall–Kier alpha value is -1.33. The van der Waals surface area contributed by atoms with Gasteiger partial charge in [0.25, 0.3) is 0 Å². The number of allylic oxidation sites excluding steroid dienone is 2. The van der Waals surface area contributed by atoms with Crippen molar-refractivity contribution in [2.45, 2.75) is 33.1 Å². The molecule has 1 aliphatic carbocycles. The van der Waals surface area contributed by atoms with E-state index in [1.807, 2.05) is 6.08 Å². The lowest BCUT2D eigenvalue weighted by Crippen LogP contribution is -2.43. The van der Waals surface area contributed by atoms with Crippen LogP contribution < -0.4 is 0 Å². The number of aliphatic carboxylic acids is 1. The third-order valence-electron chi connectivity index (χ3n) is 4.13. The highest BCUT2D eigenvalue weighted by atomic mass is 16.5. The number of unbranched alkanes of at least 4 members (excludes halogenated alkanes) is 1. The number of hydrogen-bond donors (Lipinski definition) is 1. The van der Waals surface area contributed by atoms with Gasteiger partial charge in [0.1, 0.15) is 5.76 Å². The van der Waals surface area contributed by atoms with Crippen LogP contribution in [0, 0.1) is 10.8 Å². The summed E-state index contributed by atoms with van der Waals surface area (Å²) in [6.07, 6.45) is 7.66. The lowest BCUT2D eigenvalue weighted by Gasteiger charge is -2.37. The number of hydrogen-bond acceptors (Lipinski definition) is 4. The predicted octanol–water partition coefficient (Wildman–Crippen LogP) is 2.77. The van der Waals surface area contributed by atoms with Crippen LogP contribution in [-0.2, 0) is 19.0 Å². The number of carbonyl (C=O) groups is 1. The number of carboxylic acids is 1. The molecule has 5 heteroatoms. The maximum atomic E-state index is 11.1. The average Bonchev–Trinajstić information content (AvgIpc) is 2.46. The van der Waals surface area contributed by atoms with Crippen LogP contribution in [0.5, 0.6) is 0 Å². The van der Waals surface area contributed by atoms with Gasteiger partial charge in [-0.1, -0.05) is 13.0 Å². The molecule has 0 saturated carbocycles. The molecule has 0 aromatic heterocycles. The molecule has 0 radical (unpaired) electrons. The van der Waals surface area contributed by atoms with Gasteiger partial charge in [-0.25, -0.2) is 0 Å². The molecule has 1 fully saturated rings. The van der Waals surface area contributed by atoms with Crippen molar-refractivity contribution in [1.82, 2.24) is 0 Å². The largest absolute Gasteiger partial charge is 0.494 e. The predicted molar refractivity (Wildman–Crippen MR) is 82.5 cm³/mol. The molecule has 1 unspecified atom stereocenters. The van der Waals surface area contributed by atoms with E-state index in [1.54, 1.807) is 19.1 Å². The first-order valence-electron chi connectivity index (χ1n) is 7.85. The van der Waals surface area contributed by atoms with Gasteiger partial charge in [-0.15, -0.1) is 0 Å². The van der Waals surface area contributed by atoms with E-state index >= 15 is 0 Å². The van der Waals surface area contributed by atoms with Gasteiger partial charge in [0, 0.05) is 12.0 Å². The number of rotatable bonds is 9. The van der Waals surface area contributed by atoms with E-state index in [2.05, 4.69) is 6.92 Å². The van der Waals surface area contributed by atoms with Crippen molar-refractivity contribution in [3.05, 3.63) is 24.0 Å². The average molecular weight is 310 g/mol. The minimum atomic E-state index is -0.804. The molecule has 1 aliphatic heterocycles. The van der Waals surface area contributed by atoms with Crippen LogP contribution in [-0.4, -0.2) is 44.1 Å². The van der Waals surface area contributed by atoms with Crippen LogP contribution in [0.1, 0.15) is 33.1 Å². The molecule has 0 aromatic rings. The van der Waals surface area contributed by atoms with Gasteiger partial charge < -0.3 is 19.3 Å². The Kier molecular flexibility index (Phi) is 5.64. The Morgan fingerprint density at radius 2 is 2.05 bits per heavy atom. The summed E-state index contributed by atoms with van der Waals surface area (Å²) in [5.74, 6) is -0.0412. The van der Waals surface area contributed by atoms with Crippen LogP contribution >= 0.6 is 0 Å². The van der Waals surface area contributed by atoms with Crippen molar-refractivity contribution in [2.24, 2.45) is 10.8 Å². The minimum absolute atomic E-state index is 0.213. The van der Waals surface area contributed by atoms with Crippen LogP contribution in [0.2, 0.25) is 0 Å². The smallest absolute Gasteiger partial charge is 0.313 e. The second-order valence-corrected chi connectivity index (χ2v) is 6.78. The van der Waals surface area contributed by atoms with Crippen molar-refractivity contribution in [3.63, 3.8) is 0 Å². The molecule has 0 aromatic carbocycles. The fourth-order valence-corrected chi connectivity index (χ4v) is 2.33. The highest BCUT2D eigenvalue weighted by molar-refractivity contribution is 5.77. The van der Waals surface area contributed by atoms with E-state index in [0.29, 0.717) is 13.0 Å². The van der Waals surface area contributed by atoms with Gasteiger partial charge in [-0.05, 0) is 38.3 Å². The van der Waals surface area contributed by atoms with Gasteiger partial charge in [-0.2, -0.15) is 0 Å². The summed E-state index contributed by atoms with van der Waals surface area (Å²) < 4.78 is 16.5. The summed E-state index contributed by atoms with van der Waals surface area (Å²) in [6, 6.07) is 0. The topological polar surface area (TPSA) is 65.0 Å². The van der Waals surface area contributed by atoms with Gasteiger partial charge in [0.2, 0.25) is 0 Å². The Morgan fingerprint density at radius 3 is 2.59 bits per heavy atom. The van der Waals surface area contributed by atoms with E-state index in [-0.39, 0.29) is 5.41 Å². The molecule has 124 valence electrons. The van der Waals surface area contributed by atoms with Gasteiger partial charge >= 0.3 is 5.97 Å². The molecule has 2 aliphatic rings. The van der Waals surface area contributed by atoms with Gasteiger partial charge in [-0.3, -0.25) is 4.79 Å². The minimum Gasteiger partial charge on any atom is -0.494 e. The van der Waals surface area contributed by atoms with Crippen LogP contribution in [0.25, 0.3) is 0 Å². The molecule has 2 rings (SSSR count). The summed E-state index contributed by atoms with van der Waals surface area (Å²) in [4.78, 5) is 11.1. The highest BCUT2D eigenvalue weighted by Gasteiger charge is 2.33. The lowest BCUT2D eigenvalue weighted by atomic mass is 9.83. The fraction of sp³-hybridized carbons (Fsp3) is 0.706. The normalized spacial score (nSPS) is 26.2. The highest BCUT2D eigenvalue weighted by Crippen LogP contribution is 2.30. The van der Waals surface area contributed by atoms with Crippen molar-refractivity contribution in [3.8, 4) is 0 Å². The third kappa shape index (κ3) is 4.58. The van der Waals surface area contributed by atoms with Crippen LogP contribution in [0.15, 0.2) is 24.0 Å². The van der Waals surface area contributed by atoms with Crippen LogP contribution in [0.4, 0.5) is 0 Å². The zero-order valence-electron chi connectivity index (χ0n) is 13.5. The first-order chi connectivity index (χ1) is 10.4. The molecular weight excluding hydrogens is 284 g/mol. The van der Waals surface area contributed by atoms with E-state index in [0.717, 1.165) is 45.0 Å². The van der Waals surface area contributed by atoms with Crippen molar-refractivity contribution < 1.29 is 24.1 Å². The quantitative estimate of drug-likeness (QED) is 0.663. The molecule has 22 heavy (non-hydrogen) atoms. The maximum Gasteiger partial charge on any atom is 0.313 e. The lowest BCUT2D eigenvalue weighted by molar-refractivity contribution is -0.145. The zero-order valence-corrected chi connectivity index (χ0v) is 13.5. The van der Waals surface area contributed by atoms with Crippen molar-refractivity contribution in [2.75, 3.05) is 33.0 Å². The fourth-order valence-electron chi connectivity index (χ4n) is 2.33. The Bertz CT molecular complexity index is 450. The van der Waals surface area contributed by atoms with Crippen LogP contribution in [0.3, 0.4) is 0 Å². The SMILES string of the molecule is CC1(COCCCCOC2=CCC(C)(C(=O)O)C=C2)COC1. The van der Waals surface area contributed by atoms with Gasteiger partial charge in [0.05, 0.1) is 31.8 Å². The van der Waals surface area contributed by atoms with E-state index < -0.39 is 11.4 Å². The standard InChI is InChI=1S/C17H26O5/c1-16(12-21-13-16)11-20-9-3-4-10-22-14-5-7-17(2,8-6-14)15(18)19/h5-7H,3-4,8-13H2,1-2H3,(H,18,19). The molecule has 1 atom stereocenters.